The molecule has 0 saturated carbocycles. The van der Waals surface area contributed by atoms with E-state index in [-0.39, 0.29) is 32.4 Å². The van der Waals surface area contributed by atoms with E-state index in [9.17, 15) is 29.7 Å². The second-order valence-electron chi connectivity index (χ2n) is 11.4. The van der Waals surface area contributed by atoms with Gasteiger partial charge in [-0.3, -0.25) is 14.4 Å². The predicted octanol–water partition coefficient (Wildman–Crippen LogP) is 3.91. The lowest BCUT2D eigenvalue weighted by Crippen LogP contribution is -2.15. The summed E-state index contributed by atoms with van der Waals surface area (Å²) in [5, 5.41) is 34.0. The summed E-state index contributed by atoms with van der Waals surface area (Å²) in [5.41, 5.74) is -2.33. The molecule has 7 rings (SSSR count). The molecule has 6 heteroatoms. The van der Waals surface area contributed by atoms with Gasteiger partial charge in [0.25, 0.3) is 0 Å². The Morgan fingerprint density at radius 1 is 0.385 bits per heavy atom. The van der Waals surface area contributed by atoms with Crippen molar-refractivity contribution in [3.05, 3.63) is 101 Å². The van der Waals surface area contributed by atoms with Crippen molar-refractivity contribution in [2.45, 2.75) is 37.6 Å². The smallest absolute Gasteiger partial charge is 0.194 e. The van der Waals surface area contributed by atoms with Crippen molar-refractivity contribution in [2.24, 2.45) is 0 Å². The molecule has 0 aromatic heterocycles. The minimum atomic E-state index is -1.28. The molecule has 3 aliphatic carbocycles. The molecular formula is C33H24O6. The molecule has 3 unspecified atom stereocenters. The first-order valence-electron chi connectivity index (χ1n) is 12.7. The van der Waals surface area contributed by atoms with Crippen molar-refractivity contribution in [3.8, 4) is 0 Å². The van der Waals surface area contributed by atoms with Crippen LogP contribution in [0.4, 0.5) is 0 Å². The molecule has 0 spiro atoms. The molecule has 4 aromatic rings. The topological polar surface area (TPSA) is 112 Å². The fourth-order valence-corrected chi connectivity index (χ4v) is 6.11. The third-order valence-electron chi connectivity index (χ3n) is 8.12. The zero-order chi connectivity index (χ0) is 27.6. The van der Waals surface area contributed by atoms with E-state index in [0.29, 0.717) is 49.5 Å². The SMILES string of the molecule is CC1(O)C=Cc2c(c3c4c(=O)c5c(c4c4c(=O)c6c(c4c3c2=O)C=CC(C)(O)C=C6)C=CC(C)(O)C=C5)C=C1. The van der Waals surface area contributed by atoms with Gasteiger partial charge in [0.1, 0.15) is 0 Å². The Hall–Kier alpha value is -4.23. The highest BCUT2D eigenvalue weighted by Crippen LogP contribution is 2.44. The minimum absolute atomic E-state index is 0.272. The van der Waals surface area contributed by atoms with Gasteiger partial charge >= 0.3 is 0 Å². The van der Waals surface area contributed by atoms with Gasteiger partial charge in [-0.25, -0.2) is 0 Å². The standard InChI is InChI=1S/C33H24O6/c1-31(37)10-4-16-19(7-13-31)28(34)25-22(16)26-24(18-6-12-33(3,39)14-8-20(18)29(26)35)27-23(25)17-5-11-32(2,38)15-9-21(17)30(27)36/h4-15,37-39H,1-3H3. The van der Waals surface area contributed by atoms with Crippen molar-refractivity contribution in [1.29, 1.82) is 0 Å². The van der Waals surface area contributed by atoms with E-state index in [1.54, 1.807) is 75.5 Å². The van der Waals surface area contributed by atoms with Crippen molar-refractivity contribution >= 4 is 68.8 Å². The van der Waals surface area contributed by atoms with Crippen LogP contribution in [0.3, 0.4) is 0 Å². The van der Waals surface area contributed by atoms with Crippen LogP contribution < -0.4 is 16.3 Å². The lowest BCUT2D eigenvalue weighted by Gasteiger charge is -2.11. The summed E-state index contributed by atoms with van der Waals surface area (Å²) >= 11 is 0. The molecule has 3 aliphatic rings. The zero-order valence-corrected chi connectivity index (χ0v) is 21.5. The molecule has 0 amide bonds. The average Bonchev–Trinajstić information content (AvgIpc) is 3.21. The van der Waals surface area contributed by atoms with Gasteiger partial charge in [0, 0.05) is 49.0 Å². The molecule has 192 valence electrons. The third-order valence-corrected chi connectivity index (χ3v) is 8.12. The fourth-order valence-electron chi connectivity index (χ4n) is 6.11. The van der Waals surface area contributed by atoms with Gasteiger partial charge < -0.3 is 15.3 Å². The fraction of sp³-hybridized carbons (Fsp3) is 0.182. The van der Waals surface area contributed by atoms with Crippen LogP contribution in [0, 0.1) is 0 Å². The Kier molecular flexibility index (Phi) is 4.43. The van der Waals surface area contributed by atoms with Crippen LogP contribution in [0.15, 0.2) is 50.8 Å². The summed E-state index contributed by atoms with van der Waals surface area (Å²) in [6.45, 7) is 4.80. The summed E-state index contributed by atoms with van der Waals surface area (Å²) in [7, 11) is 0. The van der Waals surface area contributed by atoms with Crippen LogP contribution in [0.25, 0.3) is 68.8 Å². The second-order valence-corrected chi connectivity index (χ2v) is 11.4. The normalized spacial score (nSPS) is 27.2. The molecule has 0 saturated heterocycles. The van der Waals surface area contributed by atoms with E-state index in [4.69, 9.17) is 0 Å². The van der Waals surface area contributed by atoms with Gasteiger partial charge in [-0.05, 0) is 73.9 Å². The molecule has 3 N–H and O–H groups in total. The molecule has 39 heavy (non-hydrogen) atoms. The van der Waals surface area contributed by atoms with E-state index < -0.39 is 16.8 Å². The van der Waals surface area contributed by atoms with Gasteiger partial charge in [-0.2, -0.15) is 0 Å². The molecule has 0 radical (unpaired) electrons. The lowest BCUT2D eigenvalue weighted by atomic mass is 9.96. The Labute approximate surface area is 222 Å². The number of benzene rings is 1. The minimum Gasteiger partial charge on any atom is -0.382 e. The van der Waals surface area contributed by atoms with E-state index in [1.165, 1.54) is 18.2 Å². The van der Waals surface area contributed by atoms with E-state index in [0.717, 1.165) is 0 Å². The first-order valence-corrected chi connectivity index (χ1v) is 12.7. The quantitative estimate of drug-likeness (QED) is 0.327. The summed E-state index contributed by atoms with van der Waals surface area (Å²) < 4.78 is 0. The number of rotatable bonds is 0. The molecule has 6 nitrogen and oxygen atoms in total. The van der Waals surface area contributed by atoms with Gasteiger partial charge in [0.05, 0.1) is 16.8 Å². The molecule has 3 atom stereocenters. The third kappa shape index (κ3) is 3.17. The molecule has 4 aromatic carbocycles. The summed E-state index contributed by atoms with van der Waals surface area (Å²) in [6.07, 6.45) is 19.0. The molecule has 0 heterocycles. The van der Waals surface area contributed by atoms with Crippen LogP contribution >= 0.6 is 0 Å². The molecule has 0 fully saturated rings. The van der Waals surface area contributed by atoms with Crippen molar-refractivity contribution in [1.82, 2.24) is 0 Å². The first kappa shape index (κ1) is 23.9. The van der Waals surface area contributed by atoms with Crippen molar-refractivity contribution < 1.29 is 15.3 Å². The van der Waals surface area contributed by atoms with E-state index in [1.807, 2.05) is 0 Å². The Bertz CT molecular complexity index is 1860. The largest absolute Gasteiger partial charge is 0.382 e. The highest BCUT2D eigenvalue weighted by atomic mass is 16.3. The molecule has 0 bridgehead atoms. The van der Waals surface area contributed by atoms with E-state index in [2.05, 4.69) is 0 Å². The van der Waals surface area contributed by atoms with Crippen LogP contribution in [-0.4, -0.2) is 32.1 Å². The lowest BCUT2D eigenvalue weighted by molar-refractivity contribution is 0.165. The van der Waals surface area contributed by atoms with Crippen LogP contribution in [0.5, 0.6) is 0 Å². The number of fused-ring (bicyclic) bond motifs is 12. The molecule has 0 aliphatic heterocycles. The summed E-state index contributed by atoms with van der Waals surface area (Å²) in [5.74, 6) is 0. The maximum atomic E-state index is 14.1. The Balaban J connectivity index is 1.81. The Morgan fingerprint density at radius 2 is 0.590 bits per heavy atom. The summed E-state index contributed by atoms with van der Waals surface area (Å²) in [6, 6.07) is 0. The van der Waals surface area contributed by atoms with E-state index >= 15 is 0 Å². The number of hydrogen-bond acceptors (Lipinski definition) is 6. The van der Waals surface area contributed by atoms with Crippen LogP contribution in [0.1, 0.15) is 54.2 Å². The second kappa shape index (κ2) is 7.24. The average molecular weight is 517 g/mol. The maximum absolute atomic E-state index is 14.1. The summed E-state index contributed by atoms with van der Waals surface area (Å²) in [4.78, 5) is 42.2. The maximum Gasteiger partial charge on any atom is 0.194 e. The molecular weight excluding hydrogens is 492 g/mol. The van der Waals surface area contributed by atoms with Gasteiger partial charge in [0.2, 0.25) is 0 Å². The Morgan fingerprint density at radius 3 is 0.821 bits per heavy atom. The van der Waals surface area contributed by atoms with Gasteiger partial charge in [0.15, 0.2) is 16.3 Å². The van der Waals surface area contributed by atoms with Gasteiger partial charge in [-0.1, -0.05) is 36.5 Å². The van der Waals surface area contributed by atoms with Gasteiger partial charge in [-0.15, -0.1) is 0 Å². The zero-order valence-electron chi connectivity index (χ0n) is 21.5. The first-order chi connectivity index (χ1) is 18.3. The number of hydrogen-bond donors (Lipinski definition) is 3. The number of aliphatic hydroxyl groups is 3. The van der Waals surface area contributed by atoms with Crippen LogP contribution in [0.2, 0.25) is 0 Å². The predicted molar refractivity (Wildman–Crippen MR) is 157 cm³/mol. The monoisotopic (exact) mass is 516 g/mol. The highest BCUT2D eigenvalue weighted by molar-refractivity contribution is 6.33. The van der Waals surface area contributed by atoms with Crippen molar-refractivity contribution in [2.75, 3.05) is 0 Å². The highest BCUT2D eigenvalue weighted by Gasteiger charge is 2.32. The van der Waals surface area contributed by atoms with Crippen molar-refractivity contribution in [3.63, 3.8) is 0 Å². The van der Waals surface area contributed by atoms with Crippen LogP contribution in [-0.2, 0) is 0 Å².